The fraction of sp³-hybridized carbons (Fsp3) is 0.281. The Kier molecular flexibility index (Phi) is 9.28. The van der Waals surface area contributed by atoms with Gasteiger partial charge in [-0.05, 0) is 38.0 Å². The third-order valence-electron chi connectivity index (χ3n) is 8.06. The number of aryl methyl sites for hydroxylation is 1. The standard InChI is InChI=1S/C32H26F5N7O7/c1-14-18-10-15(33)11-19(34)25(18)51-24(14)26(32(35,36)37)43-31(49)41-16-12-39-30(40-13-16)38-8-3-9-50-21-5-2-4-17-23(21)29(48)44(28(17)47)20-6-7-22(45)42-27(20)46/h2,4-5,10-13,20,26H,3,6-9H2,1H3,(H,38,39,40)(H2,41,43,49)(H,42,45,46)/t20?,26-/m1/s1. The Morgan fingerprint density at radius 3 is 2.57 bits per heavy atom. The zero-order chi connectivity index (χ0) is 36.6. The number of benzene rings is 2. The highest BCUT2D eigenvalue weighted by Crippen LogP contribution is 2.39. The highest BCUT2D eigenvalue weighted by molar-refractivity contribution is 6.24. The first-order valence-corrected chi connectivity index (χ1v) is 15.3. The summed E-state index contributed by atoms with van der Waals surface area (Å²) in [5, 5.41) is 8.72. The van der Waals surface area contributed by atoms with E-state index in [2.05, 4.69) is 25.9 Å². The topological polar surface area (TPSA) is 185 Å². The monoisotopic (exact) mass is 715 g/mol. The van der Waals surface area contributed by atoms with E-state index >= 15 is 0 Å². The molecule has 2 aliphatic rings. The molecular formula is C32H26F5N7O7. The number of carbonyl (C=O) groups excluding carboxylic acids is 5. The summed E-state index contributed by atoms with van der Waals surface area (Å²) < 4.78 is 80.5. The van der Waals surface area contributed by atoms with Gasteiger partial charge in [-0.2, -0.15) is 13.2 Å². The highest BCUT2D eigenvalue weighted by Gasteiger charge is 2.47. The number of fused-ring (bicyclic) bond motifs is 2. The predicted octanol–water partition coefficient (Wildman–Crippen LogP) is 4.52. The Hall–Kier alpha value is -6.14. The second kappa shape index (κ2) is 13.6. The molecule has 2 atom stereocenters. The molecule has 0 bridgehead atoms. The Morgan fingerprint density at radius 1 is 1.12 bits per heavy atom. The first kappa shape index (κ1) is 34.7. The summed E-state index contributed by atoms with van der Waals surface area (Å²) in [5.74, 6) is -5.38. The number of rotatable bonds is 10. The lowest BCUT2D eigenvalue weighted by atomic mass is 10.0. The molecule has 0 saturated carbocycles. The maximum Gasteiger partial charge on any atom is 0.416 e. The molecule has 6 amide bonds. The molecule has 0 aliphatic carbocycles. The van der Waals surface area contributed by atoms with Crippen LogP contribution in [0.2, 0.25) is 0 Å². The van der Waals surface area contributed by atoms with E-state index in [0.717, 1.165) is 23.4 Å². The Morgan fingerprint density at radius 2 is 1.86 bits per heavy atom. The van der Waals surface area contributed by atoms with Gasteiger partial charge in [0.05, 0.1) is 35.8 Å². The fourth-order valence-corrected chi connectivity index (χ4v) is 5.67. The van der Waals surface area contributed by atoms with Crippen LogP contribution in [0.4, 0.5) is 38.4 Å². The molecule has 1 fully saturated rings. The van der Waals surface area contributed by atoms with Crippen LogP contribution < -0.4 is 26.0 Å². The number of imide groups is 2. The van der Waals surface area contributed by atoms with Gasteiger partial charge in [-0.25, -0.2) is 23.5 Å². The number of urea groups is 1. The second-order valence-corrected chi connectivity index (χ2v) is 11.5. The van der Waals surface area contributed by atoms with E-state index in [4.69, 9.17) is 9.15 Å². The third kappa shape index (κ3) is 6.99. The van der Waals surface area contributed by atoms with Crippen LogP contribution >= 0.6 is 0 Å². The molecular weight excluding hydrogens is 689 g/mol. The van der Waals surface area contributed by atoms with Gasteiger partial charge in [-0.15, -0.1) is 0 Å². The number of hydrogen-bond acceptors (Lipinski definition) is 10. The summed E-state index contributed by atoms with van der Waals surface area (Å²) in [6, 6.07) is 0.648. The number of ether oxygens (including phenoxy) is 1. The van der Waals surface area contributed by atoms with Crippen LogP contribution in [0.1, 0.15) is 57.3 Å². The number of nitrogens with one attached hydrogen (secondary N) is 4. The normalized spacial score (nSPS) is 16.6. The van der Waals surface area contributed by atoms with Crippen LogP contribution in [0.5, 0.6) is 5.75 Å². The molecule has 4 aromatic rings. The molecule has 19 heteroatoms. The van der Waals surface area contributed by atoms with Crippen molar-refractivity contribution >= 4 is 52.3 Å². The molecule has 0 radical (unpaired) electrons. The summed E-state index contributed by atoms with van der Waals surface area (Å²) in [6.07, 6.45) is -2.46. The minimum Gasteiger partial charge on any atom is -0.493 e. The summed E-state index contributed by atoms with van der Waals surface area (Å²) in [7, 11) is 0. The number of hydrogen-bond donors (Lipinski definition) is 4. The summed E-state index contributed by atoms with van der Waals surface area (Å²) in [6.45, 7) is 1.52. The lowest BCUT2D eigenvalue weighted by Crippen LogP contribution is -2.54. The van der Waals surface area contributed by atoms with E-state index in [-0.39, 0.29) is 65.5 Å². The molecule has 51 heavy (non-hydrogen) atoms. The molecule has 2 aliphatic heterocycles. The number of amides is 6. The molecule has 2 aromatic carbocycles. The van der Waals surface area contributed by atoms with Crippen LogP contribution in [-0.2, 0) is 9.59 Å². The van der Waals surface area contributed by atoms with Crippen molar-refractivity contribution in [2.24, 2.45) is 0 Å². The number of carbonyl (C=O) groups is 5. The largest absolute Gasteiger partial charge is 0.493 e. The lowest BCUT2D eigenvalue weighted by molar-refractivity contribution is -0.158. The smallest absolute Gasteiger partial charge is 0.416 e. The van der Waals surface area contributed by atoms with Gasteiger partial charge in [0.1, 0.15) is 23.4 Å². The maximum absolute atomic E-state index is 14.1. The minimum atomic E-state index is -5.07. The van der Waals surface area contributed by atoms with Crippen LogP contribution in [0, 0.1) is 18.6 Å². The Bertz CT molecular complexity index is 2070. The van der Waals surface area contributed by atoms with Gasteiger partial charge in [0, 0.05) is 30.0 Å². The van der Waals surface area contributed by atoms with Crippen LogP contribution in [0.25, 0.3) is 11.0 Å². The van der Waals surface area contributed by atoms with Crippen molar-refractivity contribution in [3.8, 4) is 5.75 Å². The maximum atomic E-state index is 14.1. The van der Waals surface area contributed by atoms with Crippen molar-refractivity contribution in [2.75, 3.05) is 23.8 Å². The van der Waals surface area contributed by atoms with Crippen molar-refractivity contribution in [3.05, 3.63) is 76.8 Å². The predicted molar refractivity (Wildman–Crippen MR) is 166 cm³/mol. The fourth-order valence-electron chi connectivity index (χ4n) is 5.67. The van der Waals surface area contributed by atoms with Gasteiger partial charge in [0.2, 0.25) is 17.8 Å². The van der Waals surface area contributed by atoms with Gasteiger partial charge >= 0.3 is 12.2 Å². The zero-order valence-electron chi connectivity index (χ0n) is 26.3. The van der Waals surface area contributed by atoms with Crippen LogP contribution in [0.3, 0.4) is 0 Å². The summed E-state index contributed by atoms with van der Waals surface area (Å²) >= 11 is 0. The molecule has 1 unspecified atom stereocenters. The van der Waals surface area contributed by atoms with Gasteiger partial charge in [0.25, 0.3) is 11.8 Å². The number of anilines is 2. The Balaban J connectivity index is 1.01. The molecule has 14 nitrogen and oxygen atoms in total. The van der Waals surface area contributed by atoms with Gasteiger partial charge in [-0.1, -0.05) is 6.07 Å². The van der Waals surface area contributed by atoms with Gasteiger partial charge < -0.3 is 25.1 Å². The van der Waals surface area contributed by atoms with E-state index in [1.54, 1.807) is 5.32 Å². The van der Waals surface area contributed by atoms with Crippen molar-refractivity contribution in [3.63, 3.8) is 0 Å². The molecule has 0 spiro atoms. The van der Waals surface area contributed by atoms with Crippen LogP contribution in [0.15, 0.2) is 47.1 Å². The zero-order valence-corrected chi connectivity index (χ0v) is 26.3. The molecule has 2 aromatic heterocycles. The SMILES string of the molecule is Cc1c([C@@H](NC(=O)Nc2cnc(NCCCOc3cccc4c3C(=O)N(C3CCC(=O)NC3=O)C4=O)nc2)C(F)(F)F)oc2c(F)cc(F)cc12. The number of halogens is 5. The molecule has 4 heterocycles. The third-order valence-corrected chi connectivity index (χ3v) is 8.06. The van der Waals surface area contributed by atoms with E-state index in [1.807, 2.05) is 0 Å². The quantitative estimate of drug-likeness (QED) is 0.103. The summed E-state index contributed by atoms with van der Waals surface area (Å²) in [5.41, 5.74) is -0.781. The molecule has 6 rings (SSSR count). The first-order chi connectivity index (χ1) is 24.2. The van der Waals surface area contributed by atoms with E-state index in [0.29, 0.717) is 12.5 Å². The average molecular weight is 716 g/mol. The number of nitrogens with zero attached hydrogens (tertiary/aromatic N) is 3. The van der Waals surface area contributed by atoms with Gasteiger partial charge in [-0.3, -0.25) is 29.4 Å². The average Bonchev–Trinajstić information content (AvgIpc) is 3.53. The molecule has 266 valence electrons. The number of aromatic nitrogens is 2. The van der Waals surface area contributed by atoms with Crippen molar-refractivity contribution < 1.29 is 55.1 Å². The number of piperidine rings is 1. The first-order valence-electron chi connectivity index (χ1n) is 15.3. The van der Waals surface area contributed by atoms with Crippen molar-refractivity contribution in [2.45, 2.75) is 44.4 Å². The van der Waals surface area contributed by atoms with E-state index in [1.165, 1.54) is 25.1 Å². The van der Waals surface area contributed by atoms with Gasteiger partial charge in [0.15, 0.2) is 17.4 Å². The van der Waals surface area contributed by atoms with E-state index < -0.39 is 70.9 Å². The molecule has 1 saturated heterocycles. The van der Waals surface area contributed by atoms with Crippen molar-refractivity contribution in [1.82, 2.24) is 25.5 Å². The highest BCUT2D eigenvalue weighted by atomic mass is 19.4. The molecule has 4 N–H and O–H groups in total. The number of furan rings is 1. The number of alkyl halides is 3. The Labute approximate surface area is 283 Å². The lowest BCUT2D eigenvalue weighted by Gasteiger charge is -2.27. The summed E-state index contributed by atoms with van der Waals surface area (Å²) in [4.78, 5) is 71.3. The van der Waals surface area contributed by atoms with Crippen LogP contribution in [-0.4, -0.2) is 69.9 Å². The van der Waals surface area contributed by atoms with Crippen molar-refractivity contribution in [1.29, 1.82) is 0 Å². The van der Waals surface area contributed by atoms with E-state index in [9.17, 15) is 45.9 Å². The second-order valence-electron chi connectivity index (χ2n) is 11.5. The minimum absolute atomic E-state index is 0.00850.